The molecule has 3 aromatic rings. The molecule has 4 N–H and O–H groups in total. The molecule has 1 saturated heterocycles. The van der Waals surface area contributed by atoms with Gasteiger partial charge in [0.15, 0.2) is 0 Å². The van der Waals surface area contributed by atoms with Crippen LogP contribution in [-0.2, 0) is 16.0 Å². The average Bonchev–Trinajstić information content (AvgIpc) is 2.89. The number of nitrogens with one attached hydrogen (secondary N) is 3. The van der Waals surface area contributed by atoms with Crippen LogP contribution in [0.5, 0.6) is 0 Å². The second-order valence-corrected chi connectivity index (χ2v) is 8.13. The van der Waals surface area contributed by atoms with E-state index in [0.717, 1.165) is 35.7 Å². The molecule has 4 rings (SSSR count). The van der Waals surface area contributed by atoms with Crippen molar-refractivity contribution in [2.75, 3.05) is 18.5 Å². The monoisotopic (exact) mass is 528 g/mol. The Morgan fingerprint density at radius 3 is 2.53 bits per heavy atom. The number of carboxylic acids is 1. The Morgan fingerprint density at radius 1 is 1.26 bits per heavy atom. The summed E-state index contributed by atoms with van der Waals surface area (Å²) in [5, 5.41) is 27.1. The molecule has 13 heteroatoms. The van der Waals surface area contributed by atoms with E-state index in [1.165, 1.54) is 0 Å². The lowest BCUT2D eigenvalue weighted by Gasteiger charge is -2.24. The molecule has 1 aliphatic rings. The number of rotatable bonds is 6. The van der Waals surface area contributed by atoms with Gasteiger partial charge in [-0.15, -0.1) is 0 Å². The van der Waals surface area contributed by atoms with Crippen molar-refractivity contribution in [3.63, 3.8) is 0 Å². The number of aromatic nitrogens is 3. The van der Waals surface area contributed by atoms with Gasteiger partial charge in [0.25, 0.3) is 5.56 Å². The van der Waals surface area contributed by atoms with Gasteiger partial charge in [-0.2, -0.15) is 18.4 Å². The largest absolute Gasteiger partial charge is 0.490 e. The molecule has 0 saturated carbocycles. The van der Waals surface area contributed by atoms with Crippen LogP contribution in [0.3, 0.4) is 0 Å². The Kier molecular flexibility index (Phi) is 9.28. The van der Waals surface area contributed by atoms with Crippen LogP contribution in [0.15, 0.2) is 47.4 Å². The summed E-state index contributed by atoms with van der Waals surface area (Å²) in [6.45, 7) is 1.33. The van der Waals surface area contributed by atoms with Gasteiger partial charge in [0.1, 0.15) is 23.4 Å². The molecule has 38 heavy (non-hydrogen) atoms. The van der Waals surface area contributed by atoms with Gasteiger partial charge in [-0.05, 0) is 36.1 Å². The van der Waals surface area contributed by atoms with Crippen molar-refractivity contribution in [2.24, 2.45) is 0 Å². The van der Waals surface area contributed by atoms with Crippen molar-refractivity contribution in [1.82, 2.24) is 15.0 Å². The number of halogens is 3. The highest BCUT2D eigenvalue weighted by molar-refractivity contribution is 5.83. The van der Waals surface area contributed by atoms with Crippen molar-refractivity contribution in [3.05, 3.63) is 75.6 Å². The van der Waals surface area contributed by atoms with Gasteiger partial charge < -0.3 is 25.6 Å². The number of pyridine rings is 1. The number of carboxylic acid groups (broad SMARTS) is 1. The number of hydrogen-bond donors (Lipinski definition) is 4. The zero-order chi connectivity index (χ0) is 27.7. The predicted molar refractivity (Wildman–Crippen MR) is 131 cm³/mol. The molecule has 0 unspecified atom stereocenters. The van der Waals surface area contributed by atoms with Crippen molar-refractivity contribution >= 4 is 18.0 Å². The van der Waals surface area contributed by atoms with Gasteiger partial charge in [0.05, 0.1) is 5.56 Å². The first-order valence-electron chi connectivity index (χ1n) is 11.3. The number of alkyl halides is 3. The van der Waals surface area contributed by atoms with Crippen LogP contribution in [0.25, 0.3) is 11.1 Å². The molecule has 0 amide bonds. The summed E-state index contributed by atoms with van der Waals surface area (Å²) < 4.78 is 37.1. The second kappa shape index (κ2) is 12.6. The Hall–Kier alpha value is -4.57. The molecule has 2 aromatic heterocycles. The maximum Gasteiger partial charge on any atom is 0.490 e. The summed E-state index contributed by atoms with van der Waals surface area (Å²) in [6.07, 6.45) is -0.310. The Labute approximate surface area is 214 Å². The predicted octanol–water partition coefficient (Wildman–Crippen LogP) is 3.52. The first kappa shape index (κ1) is 28.0. The molecule has 1 aromatic carbocycles. The van der Waals surface area contributed by atoms with Crippen LogP contribution in [0.1, 0.15) is 35.5 Å². The molecule has 0 spiro atoms. The number of carbonyl (C=O) groups is 1. The molecule has 0 atom stereocenters. The van der Waals surface area contributed by atoms with Crippen molar-refractivity contribution in [3.8, 4) is 17.2 Å². The van der Waals surface area contributed by atoms with Gasteiger partial charge in [-0.1, -0.05) is 24.3 Å². The zero-order valence-corrected chi connectivity index (χ0v) is 19.9. The molecule has 1 fully saturated rings. The number of nitrogens with zero attached hydrogens (tertiary/aromatic N) is 3. The minimum absolute atomic E-state index is 0.159. The Bertz CT molecular complexity index is 1380. The molecule has 0 bridgehead atoms. The minimum atomic E-state index is -5.08. The Morgan fingerprint density at radius 2 is 1.95 bits per heavy atom. The SMILES string of the molecule is N#Cc1ccc(-c2ccccc2Cc2nc(NC3CCOCC3)c(C=N)c(=O)[nH]2)cn1.O=C(O)C(F)(F)F. The van der Waals surface area contributed by atoms with Crippen LogP contribution >= 0.6 is 0 Å². The highest BCUT2D eigenvalue weighted by Crippen LogP contribution is 2.25. The van der Waals surface area contributed by atoms with E-state index < -0.39 is 12.1 Å². The van der Waals surface area contributed by atoms with E-state index in [4.69, 9.17) is 25.3 Å². The highest BCUT2D eigenvalue weighted by Gasteiger charge is 2.38. The van der Waals surface area contributed by atoms with E-state index in [0.29, 0.717) is 37.0 Å². The Balaban J connectivity index is 0.000000505. The second-order valence-electron chi connectivity index (χ2n) is 8.13. The highest BCUT2D eigenvalue weighted by atomic mass is 19.4. The number of aromatic amines is 1. The number of anilines is 1. The summed E-state index contributed by atoms with van der Waals surface area (Å²) in [5.41, 5.74) is 3.05. The summed E-state index contributed by atoms with van der Waals surface area (Å²) in [6, 6.07) is 13.5. The van der Waals surface area contributed by atoms with Gasteiger partial charge in [0.2, 0.25) is 0 Å². The van der Waals surface area contributed by atoms with Gasteiger partial charge >= 0.3 is 12.1 Å². The van der Waals surface area contributed by atoms with Gasteiger partial charge in [-0.25, -0.2) is 14.8 Å². The van der Waals surface area contributed by atoms with Crippen LogP contribution < -0.4 is 10.9 Å². The first-order chi connectivity index (χ1) is 18.1. The van der Waals surface area contributed by atoms with Crippen molar-refractivity contribution in [1.29, 1.82) is 10.7 Å². The maximum atomic E-state index is 12.6. The number of hydrogen-bond acceptors (Lipinski definition) is 8. The zero-order valence-electron chi connectivity index (χ0n) is 19.9. The molecule has 10 nitrogen and oxygen atoms in total. The van der Waals surface area contributed by atoms with Crippen LogP contribution in [0.4, 0.5) is 19.0 Å². The lowest BCUT2D eigenvalue weighted by atomic mass is 9.98. The van der Waals surface area contributed by atoms with E-state index >= 15 is 0 Å². The standard InChI is InChI=1S/C23H22N6O2.C2HF3O2/c24-12-18-6-5-16(14-26-18)19-4-2-1-3-15(19)11-21-28-22(20(13-25)23(30)29-21)27-17-7-9-31-10-8-17;3-2(4,5)1(6)7/h1-6,13-14,17,25H,7-11H2,(H2,27,28,29,30);(H,6,7). The fraction of sp³-hybridized carbons (Fsp3) is 0.280. The van der Waals surface area contributed by atoms with Crippen LogP contribution in [-0.4, -0.2) is 57.7 Å². The lowest BCUT2D eigenvalue weighted by Crippen LogP contribution is -2.30. The molecule has 0 radical (unpaired) electrons. The fourth-order valence-corrected chi connectivity index (χ4v) is 3.65. The van der Waals surface area contributed by atoms with Gasteiger partial charge in [0, 0.05) is 43.7 Å². The number of ether oxygens (including phenoxy) is 1. The summed E-state index contributed by atoms with van der Waals surface area (Å²) >= 11 is 0. The summed E-state index contributed by atoms with van der Waals surface area (Å²) in [5.74, 6) is -1.81. The number of H-pyrrole nitrogens is 1. The molecular weight excluding hydrogens is 505 g/mol. The molecule has 1 aliphatic heterocycles. The van der Waals surface area contributed by atoms with E-state index in [2.05, 4.69) is 20.3 Å². The third-order valence-electron chi connectivity index (χ3n) is 5.52. The average molecular weight is 528 g/mol. The van der Waals surface area contributed by atoms with E-state index in [1.54, 1.807) is 12.3 Å². The summed E-state index contributed by atoms with van der Waals surface area (Å²) in [4.78, 5) is 33.1. The smallest absolute Gasteiger partial charge is 0.475 e. The lowest BCUT2D eigenvalue weighted by molar-refractivity contribution is -0.192. The molecule has 3 heterocycles. The van der Waals surface area contributed by atoms with Crippen LogP contribution in [0, 0.1) is 16.7 Å². The fourth-order valence-electron chi connectivity index (χ4n) is 3.65. The van der Waals surface area contributed by atoms with Gasteiger partial charge in [-0.3, -0.25) is 4.79 Å². The quantitative estimate of drug-likeness (QED) is 0.353. The third kappa shape index (κ3) is 7.47. The maximum absolute atomic E-state index is 12.6. The topological polar surface area (TPSA) is 165 Å². The molecule has 198 valence electrons. The molecular formula is C25H23F3N6O4. The van der Waals surface area contributed by atoms with Crippen LogP contribution in [0.2, 0.25) is 0 Å². The van der Waals surface area contributed by atoms with E-state index in [-0.39, 0.29) is 17.2 Å². The van der Waals surface area contributed by atoms with E-state index in [1.807, 2.05) is 36.4 Å². The first-order valence-corrected chi connectivity index (χ1v) is 11.3. The summed E-state index contributed by atoms with van der Waals surface area (Å²) in [7, 11) is 0. The van der Waals surface area contributed by atoms with Crippen molar-refractivity contribution in [2.45, 2.75) is 31.5 Å². The normalized spacial score (nSPS) is 13.5. The van der Waals surface area contributed by atoms with Crippen molar-refractivity contribution < 1.29 is 27.8 Å². The number of benzene rings is 1. The molecule has 0 aliphatic carbocycles. The third-order valence-corrected chi connectivity index (χ3v) is 5.52. The minimum Gasteiger partial charge on any atom is -0.475 e. The number of nitriles is 1. The van der Waals surface area contributed by atoms with E-state index in [9.17, 15) is 18.0 Å². The number of aliphatic carboxylic acids is 1.